The molecular formula is C15H24F3IN4O2S2. The Morgan fingerprint density at radius 3 is 2.52 bits per heavy atom. The zero-order valence-corrected chi connectivity index (χ0v) is 18.8. The van der Waals surface area contributed by atoms with E-state index in [4.69, 9.17) is 0 Å². The number of piperidine rings is 1. The molecule has 0 unspecified atom stereocenters. The van der Waals surface area contributed by atoms with Crippen LogP contribution in [-0.4, -0.2) is 57.4 Å². The molecule has 1 saturated heterocycles. The summed E-state index contributed by atoms with van der Waals surface area (Å²) in [6.45, 7) is 1.04. The maximum Gasteiger partial charge on any atom is 0.511 e. The van der Waals surface area contributed by atoms with Gasteiger partial charge in [0.2, 0.25) is 0 Å². The Hall–Kier alpha value is -0.600. The van der Waals surface area contributed by atoms with Gasteiger partial charge in [-0.05, 0) is 36.6 Å². The summed E-state index contributed by atoms with van der Waals surface area (Å²) in [4.78, 5) is 5.39. The molecule has 0 radical (unpaired) electrons. The standard InChI is InChI=1S/C15H23F3N4O2S2.HI/c1-19-14(20-7-4-13-3-2-10-25-13)21-11-12-5-8-22(9-6-12)26(23,24)15(16,17)18;/h2-3,10,12H,4-9,11H2,1H3,(H2,19,20,21);1H. The van der Waals surface area contributed by atoms with E-state index < -0.39 is 15.5 Å². The second-order valence-corrected chi connectivity index (χ2v) is 8.96. The van der Waals surface area contributed by atoms with Crippen molar-refractivity contribution in [1.82, 2.24) is 14.9 Å². The second-order valence-electron chi connectivity index (χ2n) is 6.00. The highest BCUT2D eigenvalue weighted by Gasteiger charge is 2.50. The van der Waals surface area contributed by atoms with Crippen molar-refractivity contribution in [3.05, 3.63) is 22.4 Å². The average molecular weight is 540 g/mol. The van der Waals surface area contributed by atoms with Crippen molar-refractivity contribution in [3.63, 3.8) is 0 Å². The van der Waals surface area contributed by atoms with Crippen molar-refractivity contribution >= 4 is 51.3 Å². The van der Waals surface area contributed by atoms with Crippen molar-refractivity contribution in [2.24, 2.45) is 10.9 Å². The molecule has 6 nitrogen and oxygen atoms in total. The molecule has 1 aliphatic heterocycles. The number of nitrogens with zero attached hydrogens (tertiary/aromatic N) is 2. The summed E-state index contributed by atoms with van der Waals surface area (Å²) in [5, 5.41) is 8.37. The Morgan fingerprint density at radius 2 is 2.00 bits per heavy atom. The first-order chi connectivity index (χ1) is 12.2. The third-order valence-corrected chi connectivity index (χ3v) is 6.80. The smallest absolute Gasteiger partial charge is 0.356 e. The fraction of sp³-hybridized carbons (Fsp3) is 0.667. The molecule has 27 heavy (non-hydrogen) atoms. The minimum atomic E-state index is -5.23. The lowest BCUT2D eigenvalue weighted by atomic mass is 9.98. The first-order valence-corrected chi connectivity index (χ1v) is 10.6. The summed E-state index contributed by atoms with van der Waals surface area (Å²) in [5.74, 6) is 0.734. The Bertz CT molecular complexity index is 688. The van der Waals surface area contributed by atoms with Crippen LogP contribution >= 0.6 is 35.3 Å². The zero-order valence-electron chi connectivity index (χ0n) is 14.8. The molecule has 0 bridgehead atoms. The molecular weight excluding hydrogens is 516 g/mol. The summed E-state index contributed by atoms with van der Waals surface area (Å²) < 4.78 is 61.0. The van der Waals surface area contributed by atoms with Crippen molar-refractivity contribution in [2.45, 2.75) is 24.8 Å². The third kappa shape index (κ3) is 7.06. The quantitative estimate of drug-likeness (QED) is 0.331. The molecule has 0 aromatic carbocycles. The molecule has 0 saturated carbocycles. The number of halogens is 4. The molecule has 156 valence electrons. The van der Waals surface area contributed by atoms with Crippen molar-refractivity contribution < 1.29 is 21.6 Å². The molecule has 0 spiro atoms. The van der Waals surface area contributed by atoms with Crippen LogP contribution in [-0.2, 0) is 16.4 Å². The molecule has 1 aliphatic rings. The van der Waals surface area contributed by atoms with E-state index in [0.717, 1.165) is 13.0 Å². The average Bonchev–Trinajstić information content (AvgIpc) is 3.10. The number of rotatable bonds is 6. The predicted molar refractivity (Wildman–Crippen MR) is 112 cm³/mol. The van der Waals surface area contributed by atoms with Crippen LogP contribution in [0.3, 0.4) is 0 Å². The van der Waals surface area contributed by atoms with Crippen LogP contribution in [0.1, 0.15) is 17.7 Å². The molecule has 0 aliphatic carbocycles. The van der Waals surface area contributed by atoms with Crippen LogP contribution in [0.2, 0.25) is 0 Å². The van der Waals surface area contributed by atoms with Crippen LogP contribution in [0.5, 0.6) is 0 Å². The van der Waals surface area contributed by atoms with Gasteiger partial charge in [-0.1, -0.05) is 6.07 Å². The topological polar surface area (TPSA) is 73.8 Å². The highest BCUT2D eigenvalue weighted by atomic mass is 127. The van der Waals surface area contributed by atoms with Crippen LogP contribution < -0.4 is 10.6 Å². The van der Waals surface area contributed by atoms with E-state index in [1.165, 1.54) is 4.88 Å². The zero-order chi connectivity index (χ0) is 19.2. The largest absolute Gasteiger partial charge is 0.511 e. The van der Waals surface area contributed by atoms with Crippen molar-refractivity contribution in [1.29, 1.82) is 0 Å². The van der Waals surface area contributed by atoms with E-state index in [1.807, 2.05) is 11.4 Å². The number of nitrogens with one attached hydrogen (secondary N) is 2. The minimum Gasteiger partial charge on any atom is -0.356 e. The fourth-order valence-corrected chi connectivity index (χ4v) is 4.41. The summed E-state index contributed by atoms with van der Waals surface area (Å²) in [7, 11) is -3.56. The monoisotopic (exact) mass is 540 g/mol. The van der Waals surface area contributed by atoms with E-state index in [9.17, 15) is 21.6 Å². The number of aliphatic imine (C=N–C) groups is 1. The van der Waals surface area contributed by atoms with Gasteiger partial charge in [-0.2, -0.15) is 17.5 Å². The van der Waals surface area contributed by atoms with Gasteiger partial charge >= 0.3 is 15.5 Å². The number of sulfonamides is 1. The molecule has 12 heteroatoms. The molecule has 0 amide bonds. The molecule has 2 N–H and O–H groups in total. The number of guanidine groups is 1. The number of thiophene rings is 1. The summed E-state index contributed by atoms with van der Waals surface area (Å²) in [6, 6.07) is 4.06. The number of hydrogen-bond acceptors (Lipinski definition) is 4. The number of alkyl halides is 3. The first kappa shape index (κ1) is 24.4. The Labute approximate surface area is 178 Å². The molecule has 1 fully saturated rings. The molecule has 1 aromatic rings. The van der Waals surface area contributed by atoms with E-state index in [1.54, 1.807) is 18.4 Å². The maximum absolute atomic E-state index is 12.6. The number of hydrogen-bond donors (Lipinski definition) is 2. The maximum atomic E-state index is 12.6. The highest BCUT2D eigenvalue weighted by molar-refractivity contribution is 14.0. The van der Waals surface area contributed by atoms with Gasteiger partial charge in [0.15, 0.2) is 5.96 Å². The van der Waals surface area contributed by atoms with Crippen molar-refractivity contribution in [3.8, 4) is 0 Å². The van der Waals surface area contributed by atoms with E-state index in [0.29, 0.717) is 29.7 Å². The Kier molecular flexibility index (Phi) is 9.79. The first-order valence-electron chi connectivity index (χ1n) is 8.27. The molecule has 0 atom stereocenters. The van der Waals surface area contributed by atoms with Gasteiger partial charge < -0.3 is 10.6 Å². The fourth-order valence-electron chi connectivity index (χ4n) is 2.72. The van der Waals surface area contributed by atoms with Gasteiger partial charge in [0, 0.05) is 38.1 Å². The highest BCUT2D eigenvalue weighted by Crippen LogP contribution is 2.30. The van der Waals surface area contributed by atoms with Crippen LogP contribution in [0.4, 0.5) is 13.2 Å². The SMILES string of the molecule is CN=C(NCCc1cccs1)NCC1CCN(S(=O)(=O)C(F)(F)F)CC1.I. The summed E-state index contributed by atoms with van der Waals surface area (Å²) in [5.41, 5.74) is -5.23. The molecule has 2 heterocycles. The van der Waals surface area contributed by atoms with Crippen LogP contribution in [0, 0.1) is 5.92 Å². The Morgan fingerprint density at radius 1 is 1.33 bits per heavy atom. The van der Waals surface area contributed by atoms with Gasteiger partial charge in [-0.15, -0.1) is 35.3 Å². The summed E-state index contributed by atoms with van der Waals surface area (Å²) in [6.07, 6.45) is 1.65. The van der Waals surface area contributed by atoms with Crippen LogP contribution in [0.25, 0.3) is 0 Å². The van der Waals surface area contributed by atoms with E-state index >= 15 is 0 Å². The Balaban J connectivity index is 0.00000364. The lowest BCUT2D eigenvalue weighted by Gasteiger charge is -2.31. The molecule has 2 rings (SSSR count). The second kappa shape index (κ2) is 10.8. The minimum absolute atomic E-state index is 0. The summed E-state index contributed by atoms with van der Waals surface area (Å²) >= 11 is 1.69. The third-order valence-electron chi connectivity index (χ3n) is 4.23. The lowest BCUT2D eigenvalue weighted by molar-refractivity contribution is -0.0496. The predicted octanol–water partition coefficient (Wildman–Crippen LogP) is 2.64. The lowest BCUT2D eigenvalue weighted by Crippen LogP contribution is -2.47. The van der Waals surface area contributed by atoms with Gasteiger partial charge in [-0.3, -0.25) is 4.99 Å². The van der Waals surface area contributed by atoms with E-state index in [2.05, 4.69) is 21.7 Å². The van der Waals surface area contributed by atoms with Gasteiger partial charge in [0.1, 0.15) is 0 Å². The molecule has 1 aromatic heterocycles. The van der Waals surface area contributed by atoms with Crippen molar-refractivity contribution in [2.75, 3.05) is 33.2 Å². The van der Waals surface area contributed by atoms with E-state index in [-0.39, 0.29) is 43.0 Å². The normalized spacial score (nSPS) is 17.4. The van der Waals surface area contributed by atoms with Gasteiger partial charge in [0.05, 0.1) is 0 Å². The van der Waals surface area contributed by atoms with Gasteiger partial charge in [0.25, 0.3) is 0 Å². The van der Waals surface area contributed by atoms with Crippen LogP contribution in [0.15, 0.2) is 22.5 Å². The van der Waals surface area contributed by atoms with Gasteiger partial charge in [-0.25, -0.2) is 8.42 Å².